The Morgan fingerprint density at radius 1 is 1.36 bits per heavy atom. The molecule has 0 spiro atoms. The minimum Gasteiger partial charge on any atom is -0.481 e. The van der Waals surface area contributed by atoms with Crippen molar-refractivity contribution in [2.75, 3.05) is 11.9 Å². The third-order valence-electron chi connectivity index (χ3n) is 2.45. The van der Waals surface area contributed by atoms with Crippen LogP contribution in [0.3, 0.4) is 0 Å². The van der Waals surface area contributed by atoms with Gasteiger partial charge in [-0.15, -0.1) is 0 Å². The molecule has 1 aromatic carbocycles. The number of nitriles is 1. The maximum Gasteiger partial charge on any atom is 0.305 e. The Kier molecular flexibility index (Phi) is 6.06. The standard InChI is InChI=1S/C13H12N4O5/c14-7-9(13(20)15-6-5-12(18)19)8-16-10-1-3-11(4-2-10)17(21)22/h1-4,8,16H,5-6H2,(H,15,20)(H,18,19)/b9-8-. The summed E-state index contributed by atoms with van der Waals surface area (Å²) in [5.74, 6) is -1.77. The Bertz CT molecular complexity index is 645. The number of nitro groups is 1. The number of nitrogens with one attached hydrogen (secondary N) is 2. The molecular formula is C13H12N4O5. The first-order chi connectivity index (χ1) is 10.4. The second-order valence-electron chi connectivity index (χ2n) is 4.02. The molecule has 0 aliphatic heterocycles. The Morgan fingerprint density at radius 3 is 2.50 bits per heavy atom. The average Bonchev–Trinajstić information content (AvgIpc) is 2.48. The van der Waals surface area contributed by atoms with E-state index in [0.717, 1.165) is 6.20 Å². The van der Waals surface area contributed by atoms with E-state index < -0.39 is 16.8 Å². The highest BCUT2D eigenvalue weighted by Crippen LogP contribution is 2.15. The topological polar surface area (TPSA) is 145 Å². The van der Waals surface area contributed by atoms with Gasteiger partial charge in [0.15, 0.2) is 0 Å². The van der Waals surface area contributed by atoms with Crippen LogP contribution in [-0.4, -0.2) is 28.5 Å². The average molecular weight is 304 g/mol. The van der Waals surface area contributed by atoms with Crippen molar-refractivity contribution in [3.63, 3.8) is 0 Å². The quantitative estimate of drug-likeness (QED) is 0.295. The van der Waals surface area contributed by atoms with Crippen LogP contribution in [0.4, 0.5) is 11.4 Å². The van der Waals surface area contributed by atoms with E-state index in [1.165, 1.54) is 24.3 Å². The van der Waals surface area contributed by atoms with Crippen molar-refractivity contribution in [1.82, 2.24) is 5.32 Å². The van der Waals surface area contributed by atoms with E-state index in [2.05, 4.69) is 10.6 Å². The molecule has 22 heavy (non-hydrogen) atoms. The van der Waals surface area contributed by atoms with E-state index in [1.807, 2.05) is 0 Å². The molecule has 9 nitrogen and oxygen atoms in total. The van der Waals surface area contributed by atoms with Crippen molar-refractivity contribution in [2.24, 2.45) is 0 Å². The van der Waals surface area contributed by atoms with Gasteiger partial charge in [0.2, 0.25) is 0 Å². The van der Waals surface area contributed by atoms with Crippen LogP contribution < -0.4 is 10.6 Å². The van der Waals surface area contributed by atoms with Gasteiger partial charge >= 0.3 is 5.97 Å². The summed E-state index contributed by atoms with van der Waals surface area (Å²) in [7, 11) is 0. The van der Waals surface area contributed by atoms with Crippen LogP contribution in [0.5, 0.6) is 0 Å². The van der Waals surface area contributed by atoms with Crippen LogP contribution >= 0.6 is 0 Å². The second kappa shape index (κ2) is 8.01. The fraction of sp³-hybridized carbons (Fsp3) is 0.154. The number of carbonyl (C=O) groups excluding carboxylic acids is 1. The van der Waals surface area contributed by atoms with Crippen LogP contribution in [-0.2, 0) is 9.59 Å². The highest BCUT2D eigenvalue weighted by Gasteiger charge is 2.09. The van der Waals surface area contributed by atoms with Gasteiger partial charge < -0.3 is 15.7 Å². The number of carboxylic acids is 1. The minimum atomic E-state index is -1.06. The van der Waals surface area contributed by atoms with Crippen LogP contribution in [0.15, 0.2) is 36.0 Å². The molecule has 1 aromatic rings. The van der Waals surface area contributed by atoms with Gasteiger partial charge in [0.25, 0.3) is 11.6 Å². The lowest BCUT2D eigenvalue weighted by atomic mass is 10.2. The fourth-order valence-electron chi connectivity index (χ4n) is 1.36. The van der Waals surface area contributed by atoms with Crippen molar-refractivity contribution in [2.45, 2.75) is 6.42 Å². The molecular weight excluding hydrogens is 292 g/mol. The number of anilines is 1. The van der Waals surface area contributed by atoms with Gasteiger partial charge in [-0.05, 0) is 12.1 Å². The van der Waals surface area contributed by atoms with E-state index in [0.29, 0.717) is 5.69 Å². The maximum atomic E-state index is 11.6. The number of nitro benzene ring substituents is 1. The molecule has 9 heteroatoms. The molecule has 0 aromatic heterocycles. The van der Waals surface area contributed by atoms with Crippen LogP contribution in [0.1, 0.15) is 6.42 Å². The van der Waals surface area contributed by atoms with Crippen molar-refractivity contribution in [3.8, 4) is 6.07 Å². The second-order valence-corrected chi connectivity index (χ2v) is 4.02. The number of aliphatic carboxylic acids is 1. The fourth-order valence-corrected chi connectivity index (χ4v) is 1.36. The van der Waals surface area contributed by atoms with E-state index >= 15 is 0 Å². The third-order valence-corrected chi connectivity index (χ3v) is 2.45. The lowest BCUT2D eigenvalue weighted by Crippen LogP contribution is -2.27. The van der Waals surface area contributed by atoms with Crippen molar-refractivity contribution in [3.05, 3.63) is 46.2 Å². The zero-order valence-corrected chi connectivity index (χ0v) is 11.3. The summed E-state index contributed by atoms with van der Waals surface area (Å²) in [5, 5.41) is 32.8. The molecule has 0 heterocycles. The van der Waals surface area contributed by atoms with Gasteiger partial charge in [0.1, 0.15) is 11.6 Å². The molecule has 0 unspecified atom stereocenters. The Balaban J connectivity index is 2.64. The zero-order chi connectivity index (χ0) is 16.5. The molecule has 0 atom stereocenters. The van der Waals surface area contributed by atoms with E-state index in [4.69, 9.17) is 10.4 Å². The number of nitrogens with zero attached hydrogens (tertiary/aromatic N) is 2. The summed E-state index contributed by atoms with van der Waals surface area (Å²) in [5.41, 5.74) is 0.127. The Labute approximate surface area is 125 Å². The van der Waals surface area contributed by atoms with Crippen LogP contribution in [0, 0.1) is 21.4 Å². The van der Waals surface area contributed by atoms with Crippen molar-refractivity contribution < 1.29 is 19.6 Å². The van der Waals surface area contributed by atoms with Crippen molar-refractivity contribution in [1.29, 1.82) is 5.26 Å². The van der Waals surface area contributed by atoms with Gasteiger partial charge in [-0.3, -0.25) is 19.7 Å². The van der Waals surface area contributed by atoms with Crippen LogP contribution in [0.25, 0.3) is 0 Å². The summed E-state index contributed by atoms with van der Waals surface area (Å²) in [6.45, 7) is -0.0925. The number of hydrogen-bond acceptors (Lipinski definition) is 6. The number of non-ortho nitro benzene ring substituents is 1. The minimum absolute atomic E-state index is 0.0820. The zero-order valence-electron chi connectivity index (χ0n) is 11.3. The number of rotatable bonds is 7. The number of benzene rings is 1. The number of carbonyl (C=O) groups is 2. The van der Waals surface area contributed by atoms with E-state index in [9.17, 15) is 19.7 Å². The summed E-state index contributed by atoms with van der Waals surface area (Å²) in [6.07, 6.45) is 0.886. The normalized spacial score (nSPS) is 10.4. The first-order valence-electron chi connectivity index (χ1n) is 6.05. The van der Waals surface area contributed by atoms with Gasteiger partial charge in [0.05, 0.1) is 11.3 Å². The Morgan fingerprint density at radius 2 is 2.00 bits per heavy atom. The maximum absolute atomic E-state index is 11.6. The highest BCUT2D eigenvalue weighted by atomic mass is 16.6. The van der Waals surface area contributed by atoms with E-state index in [-0.39, 0.29) is 24.2 Å². The SMILES string of the molecule is N#C/C(=C/Nc1ccc([N+](=O)[O-])cc1)C(=O)NCCC(=O)O. The van der Waals surface area contributed by atoms with Crippen molar-refractivity contribution >= 4 is 23.3 Å². The highest BCUT2D eigenvalue weighted by molar-refractivity contribution is 5.97. The molecule has 114 valence electrons. The third kappa shape index (κ3) is 5.30. The van der Waals surface area contributed by atoms with Gasteiger partial charge in [-0.1, -0.05) is 0 Å². The summed E-state index contributed by atoms with van der Waals surface area (Å²) in [6, 6.07) is 7.06. The monoisotopic (exact) mass is 304 g/mol. The van der Waals surface area contributed by atoms with Gasteiger partial charge in [-0.2, -0.15) is 5.26 Å². The predicted molar refractivity (Wildman–Crippen MR) is 75.7 cm³/mol. The molecule has 1 amide bonds. The number of amides is 1. The number of hydrogen-bond donors (Lipinski definition) is 3. The molecule has 0 aliphatic carbocycles. The largest absolute Gasteiger partial charge is 0.481 e. The number of carboxylic acid groups (broad SMARTS) is 1. The smallest absolute Gasteiger partial charge is 0.305 e. The lowest BCUT2D eigenvalue weighted by molar-refractivity contribution is -0.384. The van der Waals surface area contributed by atoms with E-state index in [1.54, 1.807) is 6.07 Å². The first kappa shape index (κ1) is 16.6. The summed E-state index contributed by atoms with van der Waals surface area (Å²) < 4.78 is 0. The van der Waals surface area contributed by atoms with Gasteiger partial charge in [-0.25, -0.2) is 0 Å². The molecule has 0 saturated carbocycles. The van der Waals surface area contributed by atoms with Crippen LogP contribution in [0.2, 0.25) is 0 Å². The lowest BCUT2D eigenvalue weighted by Gasteiger charge is -2.04. The summed E-state index contributed by atoms with van der Waals surface area (Å²) >= 11 is 0. The molecule has 0 bridgehead atoms. The predicted octanol–water partition coefficient (Wildman–Crippen LogP) is 1.01. The molecule has 0 aliphatic rings. The Hall–Kier alpha value is -3.41. The molecule has 1 rings (SSSR count). The van der Waals surface area contributed by atoms with Gasteiger partial charge in [0, 0.05) is 30.6 Å². The summed E-state index contributed by atoms with van der Waals surface area (Å²) in [4.78, 5) is 31.9. The molecule has 3 N–H and O–H groups in total. The molecule has 0 fully saturated rings. The molecule has 0 radical (unpaired) electrons. The first-order valence-corrected chi connectivity index (χ1v) is 6.05. The molecule has 0 saturated heterocycles.